The van der Waals surface area contributed by atoms with Crippen LogP contribution in [-0.4, -0.2) is 25.9 Å². The summed E-state index contributed by atoms with van der Waals surface area (Å²) in [5, 5.41) is 3.50. The lowest BCUT2D eigenvalue weighted by Gasteiger charge is -2.13. The maximum absolute atomic E-state index is 14.5. The van der Waals surface area contributed by atoms with Gasteiger partial charge >= 0.3 is 0 Å². The molecule has 2 aromatic carbocycles. The standard InChI is InChI=1S/C25H23FN2O5S/c1-2-3-13-32-21-6-4-5-20(26)24(21)34(30,31)19-9-7-17(8-10-19)15-28-25(29)22-14-18-11-12-27-16-23(18)33-22/h4-12,14,16H,2-3,13,15H2,1H3,(H,28,29). The number of aromatic nitrogens is 1. The molecule has 0 spiro atoms. The molecule has 0 saturated carbocycles. The zero-order chi connectivity index (χ0) is 24.1. The van der Waals surface area contributed by atoms with Gasteiger partial charge in [-0.3, -0.25) is 9.78 Å². The highest BCUT2D eigenvalue weighted by Gasteiger charge is 2.26. The second kappa shape index (κ2) is 10.0. The summed E-state index contributed by atoms with van der Waals surface area (Å²) in [5.74, 6) is -1.14. The summed E-state index contributed by atoms with van der Waals surface area (Å²) in [6.45, 7) is 2.42. The molecule has 0 atom stereocenters. The number of halogens is 1. The van der Waals surface area contributed by atoms with Crippen molar-refractivity contribution in [1.82, 2.24) is 10.3 Å². The topological polar surface area (TPSA) is 98.5 Å². The molecule has 0 fully saturated rings. The summed E-state index contributed by atoms with van der Waals surface area (Å²) in [6, 6.07) is 13.2. The molecule has 0 bridgehead atoms. The lowest BCUT2D eigenvalue weighted by molar-refractivity contribution is 0.0925. The lowest BCUT2D eigenvalue weighted by atomic mass is 10.2. The highest BCUT2D eigenvalue weighted by molar-refractivity contribution is 7.91. The van der Waals surface area contributed by atoms with E-state index >= 15 is 0 Å². The van der Waals surface area contributed by atoms with Crippen LogP contribution in [0.5, 0.6) is 5.75 Å². The van der Waals surface area contributed by atoms with E-state index < -0.39 is 26.5 Å². The highest BCUT2D eigenvalue weighted by Crippen LogP contribution is 2.32. The SMILES string of the molecule is CCCCOc1cccc(F)c1S(=O)(=O)c1ccc(CNC(=O)c2cc3ccncc3o2)cc1. The predicted molar refractivity (Wildman–Crippen MR) is 124 cm³/mol. The Morgan fingerprint density at radius 2 is 1.94 bits per heavy atom. The van der Waals surface area contributed by atoms with E-state index in [0.29, 0.717) is 17.8 Å². The second-order valence-electron chi connectivity index (χ2n) is 7.62. The summed E-state index contributed by atoms with van der Waals surface area (Å²) >= 11 is 0. The summed E-state index contributed by atoms with van der Waals surface area (Å²) < 4.78 is 51.9. The van der Waals surface area contributed by atoms with Crippen molar-refractivity contribution in [1.29, 1.82) is 0 Å². The first kappa shape index (κ1) is 23.4. The number of carbonyl (C=O) groups excluding carboxylic acids is 1. The van der Waals surface area contributed by atoms with Crippen LogP contribution in [-0.2, 0) is 16.4 Å². The quantitative estimate of drug-likeness (QED) is 0.341. The normalized spacial score (nSPS) is 11.5. The average molecular weight is 483 g/mol. The number of hydrogen-bond acceptors (Lipinski definition) is 6. The number of rotatable bonds is 9. The molecule has 1 amide bonds. The average Bonchev–Trinajstić information content (AvgIpc) is 3.27. The zero-order valence-corrected chi connectivity index (χ0v) is 19.3. The fraction of sp³-hybridized carbons (Fsp3) is 0.200. The summed E-state index contributed by atoms with van der Waals surface area (Å²) in [7, 11) is -4.15. The fourth-order valence-corrected chi connectivity index (χ4v) is 4.81. The van der Waals surface area contributed by atoms with Gasteiger partial charge in [-0.05, 0) is 48.4 Å². The number of nitrogens with zero attached hydrogens (tertiary/aromatic N) is 1. The Labute approximate surface area is 196 Å². The third-order valence-corrected chi connectivity index (χ3v) is 7.01. The molecule has 4 rings (SSSR count). The molecule has 0 saturated heterocycles. The number of amides is 1. The van der Waals surface area contributed by atoms with Crippen LogP contribution in [0.15, 0.2) is 81.2 Å². The van der Waals surface area contributed by atoms with E-state index in [1.54, 1.807) is 30.5 Å². The minimum absolute atomic E-state index is 0.00850. The molecule has 1 N–H and O–H groups in total. The molecule has 2 aromatic heterocycles. The van der Waals surface area contributed by atoms with Gasteiger partial charge in [0.25, 0.3) is 5.91 Å². The third kappa shape index (κ3) is 4.94. The molecular weight excluding hydrogens is 459 g/mol. The number of carbonyl (C=O) groups is 1. The number of benzene rings is 2. The molecular formula is C25H23FN2O5S. The van der Waals surface area contributed by atoms with Crippen molar-refractivity contribution in [2.24, 2.45) is 0 Å². The maximum Gasteiger partial charge on any atom is 0.287 e. The van der Waals surface area contributed by atoms with Gasteiger partial charge in [-0.25, -0.2) is 12.8 Å². The van der Waals surface area contributed by atoms with E-state index in [9.17, 15) is 17.6 Å². The molecule has 0 aliphatic carbocycles. The van der Waals surface area contributed by atoms with Crippen LogP contribution < -0.4 is 10.1 Å². The molecule has 9 heteroatoms. The van der Waals surface area contributed by atoms with Crippen molar-refractivity contribution >= 4 is 26.7 Å². The van der Waals surface area contributed by atoms with Crippen molar-refractivity contribution in [3.63, 3.8) is 0 Å². The van der Waals surface area contributed by atoms with Crippen LogP contribution in [0, 0.1) is 5.82 Å². The van der Waals surface area contributed by atoms with E-state index in [1.807, 2.05) is 6.92 Å². The van der Waals surface area contributed by atoms with Crippen LogP contribution in [0.4, 0.5) is 4.39 Å². The van der Waals surface area contributed by atoms with Crippen molar-refractivity contribution in [2.45, 2.75) is 36.1 Å². The molecule has 0 radical (unpaired) electrons. The van der Waals surface area contributed by atoms with Gasteiger partial charge in [0.05, 0.1) is 17.7 Å². The van der Waals surface area contributed by atoms with E-state index in [1.165, 1.54) is 30.5 Å². The van der Waals surface area contributed by atoms with E-state index in [4.69, 9.17) is 9.15 Å². The van der Waals surface area contributed by atoms with Crippen molar-refractivity contribution in [3.05, 3.63) is 84.1 Å². The first-order chi connectivity index (χ1) is 16.4. The van der Waals surface area contributed by atoms with Gasteiger partial charge in [0.15, 0.2) is 11.3 Å². The molecule has 34 heavy (non-hydrogen) atoms. The molecule has 2 heterocycles. The Balaban J connectivity index is 1.48. The number of furan rings is 1. The monoisotopic (exact) mass is 482 g/mol. The number of sulfone groups is 1. The van der Waals surface area contributed by atoms with Crippen LogP contribution in [0.1, 0.15) is 35.9 Å². The van der Waals surface area contributed by atoms with Gasteiger partial charge < -0.3 is 14.5 Å². The van der Waals surface area contributed by atoms with Gasteiger partial charge in [-0.15, -0.1) is 0 Å². The Kier molecular flexibility index (Phi) is 6.93. The van der Waals surface area contributed by atoms with Crippen molar-refractivity contribution in [2.75, 3.05) is 6.61 Å². The van der Waals surface area contributed by atoms with Crippen LogP contribution in [0.2, 0.25) is 0 Å². The van der Waals surface area contributed by atoms with Gasteiger partial charge in [0, 0.05) is 18.1 Å². The number of pyridine rings is 1. The Bertz CT molecular complexity index is 1380. The first-order valence-corrected chi connectivity index (χ1v) is 12.3. The third-order valence-electron chi connectivity index (χ3n) is 5.19. The summed E-state index contributed by atoms with van der Waals surface area (Å²) in [6.07, 6.45) is 4.72. The Morgan fingerprint density at radius 3 is 2.68 bits per heavy atom. The molecule has 0 unspecified atom stereocenters. The van der Waals surface area contributed by atoms with E-state index in [2.05, 4.69) is 10.3 Å². The van der Waals surface area contributed by atoms with Gasteiger partial charge in [-0.1, -0.05) is 31.5 Å². The number of unbranched alkanes of at least 4 members (excludes halogenated alkanes) is 1. The number of nitrogens with one attached hydrogen (secondary N) is 1. The van der Waals surface area contributed by atoms with Gasteiger partial charge in [0.1, 0.15) is 16.5 Å². The number of fused-ring (bicyclic) bond motifs is 1. The minimum atomic E-state index is -4.15. The fourth-order valence-electron chi connectivity index (χ4n) is 3.36. The Morgan fingerprint density at radius 1 is 1.15 bits per heavy atom. The lowest BCUT2D eigenvalue weighted by Crippen LogP contribution is -2.22. The smallest absolute Gasteiger partial charge is 0.287 e. The number of hydrogen-bond donors (Lipinski definition) is 1. The van der Waals surface area contributed by atoms with Crippen LogP contribution in [0.25, 0.3) is 11.0 Å². The molecule has 0 aliphatic rings. The number of ether oxygens (including phenoxy) is 1. The second-order valence-corrected chi connectivity index (χ2v) is 9.51. The van der Waals surface area contributed by atoms with Gasteiger partial charge in [-0.2, -0.15) is 0 Å². The minimum Gasteiger partial charge on any atom is -0.492 e. The first-order valence-electron chi connectivity index (χ1n) is 10.8. The largest absolute Gasteiger partial charge is 0.492 e. The van der Waals surface area contributed by atoms with Crippen molar-refractivity contribution in [3.8, 4) is 5.75 Å². The Hall–Kier alpha value is -3.72. The van der Waals surface area contributed by atoms with Crippen LogP contribution in [0.3, 0.4) is 0 Å². The molecule has 7 nitrogen and oxygen atoms in total. The van der Waals surface area contributed by atoms with E-state index in [-0.39, 0.29) is 22.9 Å². The molecule has 4 aromatic rings. The van der Waals surface area contributed by atoms with Crippen molar-refractivity contribution < 1.29 is 26.8 Å². The zero-order valence-electron chi connectivity index (χ0n) is 18.5. The highest BCUT2D eigenvalue weighted by atomic mass is 32.2. The maximum atomic E-state index is 14.5. The van der Waals surface area contributed by atoms with Crippen LogP contribution >= 0.6 is 0 Å². The summed E-state index contributed by atoms with van der Waals surface area (Å²) in [4.78, 5) is 15.8. The molecule has 176 valence electrons. The summed E-state index contributed by atoms with van der Waals surface area (Å²) in [5.41, 5.74) is 1.17. The van der Waals surface area contributed by atoms with E-state index in [0.717, 1.165) is 24.3 Å². The molecule has 0 aliphatic heterocycles. The van der Waals surface area contributed by atoms with Gasteiger partial charge in [0.2, 0.25) is 9.84 Å². The predicted octanol–water partition coefficient (Wildman–Crippen LogP) is 4.91.